The van der Waals surface area contributed by atoms with E-state index < -0.39 is 40.7 Å². The van der Waals surface area contributed by atoms with Gasteiger partial charge in [-0.15, -0.1) is 0 Å². The molecular weight excluding hydrogens is 353 g/mol. The number of halogens is 3. The second-order valence-electron chi connectivity index (χ2n) is 2.96. The number of aliphatic carboxylic acids is 1. The summed E-state index contributed by atoms with van der Waals surface area (Å²) in [5, 5.41) is 19.2. The van der Waals surface area contributed by atoms with Gasteiger partial charge in [-0.25, -0.2) is 8.78 Å². The summed E-state index contributed by atoms with van der Waals surface area (Å²) < 4.78 is 25.3. The number of hydrogen-bond acceptors (Lipinski definition) is 4. The van der Waals surface area contributed by atoms with Crippen molar-refractivity contribution in [3.63, 3.8) is 0 Å². The first-order valence-corrected chi connectivity index (χ1v) is 5.24. The largest absolute Gasteiger partial charge is 0.481 e. The van der Waals surface area contributed by atoms with Crippen LogP contribution in [0.25, 0.3) is 0 Å². The Morgan fingerprint density at radius 2 is 2.24 bits per heavy atom. The molecule has 0 unspecified atom stereocenters. The van der Waals surface area contributed by atoms with Crippen LogP contribution in [-0.2, 0) is 11.2 Å². The Bertz CT molecular complexity index is 481. The van der Waals surface area contributed by atoms with Crippen LogP contribution >= 0.6 is 22.6 Å². The third-order valence-corrected chi connectivity index (χ3v) is 2.39. The second kappa shape index (κ2) is 5.29. The lowest BCUT2D eigenvalue weighted by Gasteiger charge is -2.07. The zero-order chi connectivity index (χ0) is 13.2. The number of carboxylic acids is 1. The topological polar surface area (TPSA) is 93.3 Å². The van der Waals surface area contributed by atoms with Crippen molar-refractivity contribution in [2.75, 3.05) is 0 Å². The summed E-state index contributed by atoms with van der Waals surface area (Å²) in [7, 11) is 0. The summed E-state index contributed by atoms with van der Waals surface area (Å²) in [5.41, 5.74) is -1.23. The Morgan fingerprint density at radius 3 is 2.65 bits per heavy atom. The predicted octanol–water partition coefficient (Wildman–Crippen LogP) is 2.16. The SMILES string of the molecule is O=C(O)Cc1c(C(F)F)cc(I)nc1[N+](=O)[O-]. The van der Waals surface area contributed by atoms with Gasteiger partial charge in [-0.2, -0.15) is 0 Å². The number of nitrogens with zero attached hydrogens (tertiary/aromatic N) is 2. The van der Waals surface area contributed by atoms with Crippen LogP contribution in [0.1, 0.15) is 17.6 Å². The molecule has 1 aromatic rings. The summed E-state index contributed by atoms with van der Waals surface area (Å²) in [6, 6.07) is 0.941. The first kappa shape index (κ1) is 13.7. The van der Waals surface area contributed by atoms with E-state index in [-0.39, 0.29) is 3.70 Å². The Kier molecular flexibility index (Phi) is 4.26. The van der Waals surface area contributed by atoms with Gasteiger partial charge in [0.25, 0.3) is 6.43 Å². The minimum atomic E-state index is -2.99. The molecule has 1 aromatic heterocycles. The second-order valence-corrected chi connectivity index (χ2v) is 4.07. The van der Waals surface area contributed by atoms with Gasteiger partial charge < -0.3 is 15.2 Å². The Labute approximate surface area is 107 Å². The van der Waals surface area contributed by atoms with E-state index in [4.69, 9.17) is 5.11 Å². The highest BCUT2D eigenvalue weighted by Gasteiger charge is 2.27. The summed E-state index contributed by atoms with van der Waals surface area (Å²) in [4.78, 5) is 23.6. The van der Waals surface area contributed by atoms with Crippen molar-refractivity contribution < 1.29 is 23.6 Å². The van der Waals surface area contributed by atoms with Crippen LogP contribution in [0.4, 0.5) is 14.6 Å². The molecule has 0 bridgehead atoms. The standard InChI is InChI=1S/C8H5F2IN2O4/c9-7(10)3-1-5(11)12-8(13(16)17)4(3)2-6(14)15/h1,7H,2H2,(H,14,15). The molecule has 6 nitrogen and oxygen atoms in total. The Balaban J connectivity index is 3.46. The van der Waals surface area contributed by atoms with Gasteiger partial charge in [0, 0.05) is 34.2 Å². The average Bonchev–Trinajstić information content (AvgIpc) is 2.18. The Hall–Kier alpha value is -1.39. The number of carboxylic acid groups (broad SMARTS) is 1. The van der Waals surface area contributed by atoms with E-state index in [9.17, 15) is 23.7 Å². The minimum Gasteiger partial charge on any atom is -0.481 e. The van der Waals surface area contributed by atoms with Gasteiger partial charge in [0.15, 0.2) is 0 Å². The van der Waals surface area contributed by atoms with E-state index in [1.807, 2.05) is 0 Å². The third-order valence-electron chi connectivity index (χ3n) is 1.84. The van der Waals surface area contributed by atoms with Crippen LogP contribution in [-0.4, -0.2) is 21.0 Å². The van der Waals surface area contributed by atoms with Crippen molar-refractivity contribution in [2.45, 2.75) is 12.8 Å². The van der Waals surface area contributed by atoms with Crippen molar-refractivity contribution in [1.29, 1.82) is 0 Å². The van der Waals surface area contributed by atoms with Crippen molar-refractivity contribution in [3.8, 4) is 0 Å². The molecule has 0 aromatic carbocycles. The average molecular weight is 358 g/mol. The highest BCUT2D eigenvalue weighted by atomic mass is 127. The molecule has 1 heterocycles. The number of pyridine rings is 1. The van der Waals surface area contributed by atoms with Crippen LogP contribution in [0.15, 0.2) is 6.07 Å². The monoisotopic (exact) mass is 358 g/mol. The van der Waals surface area contributed by atoms with E-state index in [1.54, 1.807) is 22.6 Å². The van der Waals surface area contributed by atoms with E-state index in [0.29, 0.717) is 0 Å². The zero-order valence-corrected chi connectivity index (χ0v) is 10.2. The molecule has 0 aliphatic heterocycles. The maximum Gasteiger partial charge on any atom is 0.368 e. The summed E-state index contributed by atoms with van der Waals surface area (Å²) in [5.74, 6) is -2.27. The summed E-state index contributed by atoms with van der Waals surface area (Å²) in [6.07, 6.45) is -3.85. The Morgan fingerprint density at radius 1 is 1.65 bits per heavy atom. The summed E-state index contributed by atoms with van der Waals surface area (Å²) >= 11 is 1.55. The van der Waals surface area contributed by atoms with Crippen molar-refractivity contribution in [3.05, 3.63) is 31.0 Å². The predicted molar refractivity (Wildman–Crippen MR) is 59.9 cm³/mol. The maximum absolute atomic E-state index is 12.7. The number of nitro groups is 1. The molecule has 1 N–H and O–H groups in total. The first-order chi connectivity index (χ1) is 7.82. The molecule has 9 heteroatoms. The number of alkyl halides is 2. The maximum atomic E-state index is 12.7. The normalized spacial score (nSPS) is 10.6. The van der Waals surface area contributed by atoms with Gasteiger partial charge in [-0.3, -0.25) is 4.79 Å². The molecule has 92 valence electrons. The summed E-state index contributed by atoms with van der Waals surface area (Å²) in [6.45, 7) is 0. The molecule has 1 rings (SSSR count). The smallest absolute Gasteiger partial charge is 0.368 e. The van der Waals surface area contributed by atoms with E-state index in [0.717, 1.165) is 6.07 Å². The van der Waals surface area contributed by atoms with Gasteiger partial charge in [0.05, 0.1) is 12.0 Å². The number of rotatable bonds is 4. The zero-order valence-electron chi connectivity index (χ0n) is 8.06. The first-order valence-electron chi connectivity index (χ1n) is 4.16. The fraction of sp³-hybridized carbons (Fsp3) is 0.250. The highest BCUT2D eigenvalue weighted by Crippen LogP contribution is 2.30. The number of carbonyl (C=O) groups is 1. The molecule has 0 fully saturated rings. The van der Waals surface area contributed by atoms with Gasteiger partial charge in [-0.05, 0) is 9.91 Å². The minimum absolute atomic E-state index is 0.0127. The van der Waals surface area contributed by atoms with E-state index >= 15 is 0 Å². The lowest BCUT2D eigenvalue weighted by atomic mass is 10.1. The number of aromatic nitrogens is 1. The molecule has 0 radical (unpaired) electrons. The highest BCUT2D eigenvalue weighted by molar-refractivity contribution is 14.1. The molecule has 0 aliphatic rings. The van der Waals surface area contributed by atoms with Crippen LogP contribution in [0, 0.1) is 13.8 Å². The van der Waals surface area contributed by atoms with Crippen molar-refractivity contribution in [1.82, 2.24) is 4.98 Å². The fourth-order valence-corrected chi connectivity index (χ4v) is 1.79. The van der Waals surface area contributed by atoms with E-state index in [2.05, 4.69) is 4.98 Å². The molecule has 0 aliphatic carbocycles. The molecule has 0 amide bonds. The van der Waals surface area contributed by atoms with Gasteiger partial charge in [0.1, 0.15) is 0 Å². The van der Waals surface area contributed by atoms with Gasteiger partial charge in [0.2, 0.25) is 3.70 Å². The number of hydrogen-bond donors (Lipinski definition) is 1. The molecule has 0 saturated heterocycles. The van der Waals surface area contributed by atoms with Gasteiger partial charge >= 0.3 is 11.8 Å². The molecule has 0 spiro atoms. The lowest BCUT2D eigenvalue weighted by Crippen LogP contribution is -2.10. The molecule has 0 atom stereocenters. The fourth-order valence-electron chi connectivity index (χ4n) is 1.22. The molecular formula is C8H5F2IN2O4. The van der Waals surface area contributed by atoms with Crippen LogP contribution in [0.3, 0.4) is 0 Å². The van der Waals surface area contributed by atoms with Crippen LogP contribution in [0.2, 0.25) is 0 Å². The molecule has 0 saturated carbocycles. The lowest BCUT2D eigenvalue weighted by molar-refractivity contribution is -0.390. The van der Waals surface area contributed by atoms with Crippen LogP contribution in [0.5, 0.6) is 0 Å². The quantitative estimate of drug-likeness (QED) is 0.385. The van der Waals surface area contributed by atoms with Crippen molar-refractivity contribution in [2.24, 2.45) is 0 Å². The van der Waals surface area contributed by atoms with Gasteiger partial charge in [-0.1, -0.05) is 0 Å². The third kappa shape index (κ3) is 3.28. The molecule has 17 heavy (non-hydrogen) atoms. The van der Waals surface area contributed by atoms with E-state index in [1.165, 1.54) is 0 Å². The van der Waals surface area contributed by atoms with Crippen LogP contribution < -0.4 is 0 Å². The van der Waals surface area contributed by atoms with Crippen molar-refractivity contribution >= 4 is 34.4 Å².